The molecule has 0 aliphatic heterocycles. The van der Waals surface area contributed by atoms with E-state index in [0.29, 0.717) is 6.61 Å². The van der Waals surface area contributed by atoms with Gasteiger partial charge in [0.05, 0.1) is 6.61 Å². The first-order valence-corrected chi connectivity index (χ1v) is 4.70. The molecular weight excluding hydrogens is 184 g/mol. The maximum absolute atomic E-state index is 10.8. The number of aliphatic hydroxyl groups excluding tert-OH is 1. The van der Waals surface area contributed by atoms with Gasteiger partial charge in [-0.25, -0.2) is 4.79 Å². The highest BCUT2D eigenvalue weighted by Crippen LogP contribution is 2.00. The Hall–Kier alpha value is -0.870. The van der Waals surface area contributed by atoms with E-state index >= 15 is 0 Å². The second-order valence-electron chi connectivity index (χ2n) is 2.99. The summed E-state index contributed by atoms with van der Waals surface area (Å²) in [5.41, 5.74) is 0. The molecule has 4 heteroatoms. The van der Waals surface area contributed by atoms with Crippen LogP contribution in [0.4, 0.5) is 0 Å². The standard InChI is InChI=1S/C10H18O4/c1-4-6-13-7-9(11)8(3)14-10(12)5-2/h5,8-9,11H,2,4,6-7H2,1,3H3. The molecule has 4 nitrogen and oxygen atoms in total. The van der Waals surface area contributed by atoms with E-state index in [1.807, 2.05) is 6.92 Å². The molecule has 1 N–H and O–H groups in total. The fourth-order valence-corrected chi connectivity index (χ4v) is 0.794. The molecule has 0 saturated heterocycles. The third-order valence-corrected chi connectivity index (χ3v) is 1.65. The lowest BCUT2D eigenvalue weighted by Crippen LogP contribution is -2.32. The minimum atomic E-state index is -0.787. The van der Waals surface area contributed by atoms with Crippen LogP contribution in [0.25, 0.3) is 0 Å². The molecule has 0 bridgehead atoms. The maximum Gasteiger partial charge on any atom is 0.330 e. The van der Waals surface area contributed by atoms with E-state index in [0.717, 1.165) is 12.5 Å². The Morgan fingerprint density at radius 1 is 1.64 bits per heavy atom. The van der Waals surface area contributed by atoms with E-state index in [1.165, 1.54) is 0 Å². The molecule has 0 radical (unpaired) electrons. The van der Waals surface area contributed by atoms with Crippen LogP contribution in [0.1, 0.15) is 20.3 Å². The summed E-state index contributed by atoms with van der Waals surface area (Å²) in [6.07, 6.45) is 0.603. The Balaban J connectivity index is 3.69. The van der Waals surface area contributed by atoms with Crippen molar-refractivity contribution in [2.24, 2.45) is 0 Å². The third kappa shape index (κ3) is 5.72. The number of aliphatic hydroxyl groups is 1. The van der Waals surface area contributed by atoms with Crippen LogP contribution >= 0.6 is 0 Å². The molecule has 2 atom stereocenters. The van der Waals surface area contributed by atoms with E-state index in [2.05, 4.69) is 6.58 Å². The molecular formula is C10H18O4. The largest absolute Gasteiger partial charge is 0.457 e. The SMILES string of the molecule is C=CC(=O)OC(C)C(O)COCCC. The number of carbonyl (C=O) groups excluding carboxylic acids is 1. The number of esters is 1. The molecule has 0 aliphatic carbocycles. The summed E-state index contributed by atoms with van der Waals surface area (Å²) in [6, 6.07) is 0. The molecule has 0 rings (SSSR count). The Morgan fingerprint density at radius 3 is 2.79 bits per heavy atom. The van der Waals surface area contributed by atoms with E-state index < -0.39 is 18.2 Å². The molecule has 0 aromatic heterocycles. The zero-order valence-corrected chi connectivity index (χ0v) is 8.73. The first kappa shape index (κ1) is 13.1. The van der Waals surface area contributed by atoms with Crippen LogP contribution in [-0.2, 0) is 14.3 Å². The summed E-state index contributed by atoms with van der Waals surface area (Å²) in [6.45, 7) is 7.63. The maximum atomic E-state index is 10.8. The van der Waals surface area contributed by atoms with Crippen molar-refractivity contribution in [1.29, 1.82) is 0 Å². The van der Waals surface area contributed by atoms with E-state index in [1.54, 1.807) is 6.92 Å². The van der Waals surface area contributed by atoms with Crippen molar-refractivity contribution in [2.75, 3.05) is 13.2 Å². The van der Waals surface area contributed by atoms with Crippen LogP contribution in [0, 0.1) is 0 Å². The van der Waals surface area contributed by atoms with Crippen LogP contribution in [0.5, 0.6) is 0 Å². The average Bonchev–Trinajstić information content (AvgIpc) is 2.17. The molecule has 2 unspecified atom stereocenters. The fourth-order valence-electron chi connectivity index (χ4n) is 0.794. The second-order valence-corrected chi connectivity index (χ2v) is 2.99. The zero-order valence-electron chi connectivity index (χ0n) is 8.73. The van der Waals surface area contributed by atoms with Crippen molar-refractivity contribution in [1.82, 2.24) is 0 Å². The molecule has 0 saturated carbocycles. The molecule has 0 aliphatic rings. The van der Waals surface area contributed by atoms with Crippen molar-refractivity contribution in [3.8, 4) is 0 Å². The lowest BCUT2D eigenvalue weighted by atomic mass is 10.2. The molecule has 0 aromatic carbocycles. The summed E-state index contributed by atoms with van der Waals surface area (Å²) in [5, 5.41) is 9.45. The quantitative estimate of drug-likeness (QED) is 0.378. The Bertz CT molecular complexity index is 179. The van der Waals surface area contributed by atoms with Crippen LogP contribution in [0.2, 0.25) is 0 Å². The van der Waals surface area contributed by atoms with Gasteiger partial charge in [-0.3, -0.25) is 0 Å². The van der Waals surface area contributed by atoms with Gasteiger partial charge in [0, 0.05) is 12.7 Å². The van der Waals surface area contributed by atoms with Gasteiger partial charge >= 0.3 is 5.97 Å². The predicted molar refractivity (Wildman–Crippen MR) is 52.9 cm³/mol. The van der Waals surface area contributed by atoms with Gasteiger partial charge in [0.25, 0.3) is 0 Å². The van der Waals surface area contributed by atoms with E-state index in [9.17, 15) is 9.90 Å². The molecule has 0 heterocycles. The summed E-state index contributed by atoms with van der Waals surface area (Å²) in [5.74, 6) is -0.535. The molecule has 0 aromatic rings. The Morgan fingerprint density at radius 2 is 2.29 bits per heavy atom. The van der Waals surface area contributed by atoms with Gasteiger partial charge in [0.2, 0.25) is 0 Å². The average molecular weight is 202 g/mol. The number of ether oxygens (including phenoxy) is 2. The fraction of sp³-hybridized carbons (Fsp3) is 0.700. The summed E-state index contributed by atoms with van der Waals surface area (Å²) < 4.78 is 9.92. The minimum Gasteiger partial charge on any atom is -0.457 e. The van der Waals surface area contributed by atoms with Crippen molar-refractivity contribution in [3.05, 3.63) is 12.7 Å². The highest BCUT2D eigenvalue weighted by atomic mass is 16.6. The van der Waals surface area contributed by atoms with Crippen LogP contribution < -0.4 is 0 Å². The molecule has 0 amide bonds. The molecule has 0 fully saturated rings. The lowest BCUT2D eigenvalue weighted by molar-refractivity contribution is -0.149. The van der Waals surface area contributed by atoms with Gasteiger partial charge in [0.15, 0.2) is 0 Å². The highest BCUT2D eigenvalue weighted by molar-refractivity contribution is 5.81. The Kier molecular flexibility index (Phi) is 7.06. The normalized spacial score (nSPS) is 14.5. The van der Waals surface area contributed by atoms with Crippen molar-refractivity contribution in [2.45, 2.75) is 32.5 Å². The number of hydrogen-bond donors (Lipinski definition) is 1. The minimum absolute atomic E-state index is 0.180. The zero-order chi connectivity index (χ0) is 11.0. The second kappa shape index (κ2) is 7.53. The number of carbonyl (C=O) groups is 1. The van der Waals surface area contributed by atoms with Crippen LogP contribution in [0.15, 0.2) is 12.7 Å². The summed E-state index contributed by atoms with van der Waals surface area (Å²) in [7, 11) is 0. The van der Waals surface area contributed by atoms with Crippen LogP contribution in [0.3, 0.4) is 0 Å². The third-order valence-electron chi connectivity index (χ3n) is 1.65. The van der Waals surface area contributed by atoms with Crippen LogP contribution in [-0.4, -0.2) is 36.5 Å². The number of hydrogen-bond acceptors (Lipinski definition) is 4. The van der Waals surface area contributed by atoms with Gasteiger partial charge in [-0.15, -0.1) is 0 Å². The van der Waals surface area contributed by atoms with E-state index in [4.69, 9.17) is 9.47 Å². The molecule has 82 valence electrons. The van der Waals surface area contributed by atoms with Crippen molar-refractivity contribution in [3.63, 3.8) is 0 Å². The van der Waals surface area contributed by atoms with Gasteiger partial charge in [-0.2, -0.15) is 0 Å². The van der Waals surface area contributed by atoms with Gasteiger partial charge in [-0.1, -0.05) is 13.5 Å². The highest BCUT2D eigenvalue weighted by Gasteiger charge is 2.17. The summed E-state index contributed by atoms with van der Waals surface area (Å²) >= 11 is 0. The molecule has 14 heavy (non-hydrogen) atoms. The monoisotopic (exact) mass is 202 g/mol. The van der Waals surface area contributed by atoms with Gasteiger partial charge in [-0.05, 0) is 13.3 Å². The lowest BCUT2D eigenvalue weighted by Gasteiger charge is -2.18. The number of rotatable bonds is 7. The van der Waals surface area contributed by atoms with Crippen molar-refractivity contribution < 1.29 is 19.4 Å². The summed E-state index contributed by atoms with van der Waals surface area (Å²) in [4.78, 5) is 10.8. The smallest absolute Gasteiger partial charge is 0.330 e. The first-order chi connectivity index (χ1) is 6.61. The topological polar surface area (TPSA) is 55.8 Å². The van der Waals surface area contributed by atoms with E-state index in [-0.39, 0.29) is 6.61 Å². The molecule has 0 spiro atoms. The van der Waals surface area contributed by atoms with Gasteiger partial charge < -0.3 is 14.6 Å². The first-order valence-electron chi connectivity index (χ1n) is 4.70. The van der Waals surface area contributed by atoms with Gasteiger partial charge in [0.1, 0.15) is 12.2 Å². The van der Waals surface area contributed by atoms with Crippen molar-refractivity contribution >= 4 is 5.97 Å². The predicted octanol–water partition coefficient (Wildman–Crippen LogP) is 0.892. The Labute approximate surface area is 84.5 Å².